The number of rotatable bonds is 5. The van der Waals surface area contributed by atoms with Gasteiger partial charge in [-0.2, -0.15) is 0 Å². The predicted molar refractivity (Wildman–Crippen MR) is 117 cm³/mol. The van der Waals surface area contributed by atoms with Crippen molar-refractivity contribution in [3.05, 3.63) is 48.5 Å². The number of hydrogen-bond donors (Lipinski definition) is 0. The Bertz CT molecular complexity index is 1010. The fourth-order valence-electron chi connectivity index (χ4n) is 3.67. The number of fused-ring (bicyclic) bond motifs is 1. The molecule has 1 saturated heterocycles. The van der Waals surface area contributed by atoms with Crippen molar-refractivity contribution in [3.63, 3.8) is 0 Å². The summed E-state index contributed by atoms with van der Waals surface area (Å²) in [5, 5.41) is 1.72. The van der Waals surface area contributed by atoms with Crippen molar-refractivity contribution in [3.8, 4) is 17.1 Å². The Kier molecular flexibility index (Phi) is 6.00. The Balaban J connectivity index is 1.64. The lowest BCUT2D eigenvalue weighted by molar-refractivity contribution is -0.130. The molecule has 0 saturated carbocycles. The quantitative estimate of drug-likeness (QED) is 0.455. The first-order valence-electron chi connectivity index (χ1n) is 9.96. The van der Waals surface area contributed by atoms with Crippen LogP contribution in [0.2, 0.25) is 0 Å². The fourth-order valence-corrected chi connectivity index (χ4v) is 4.58. The smallest absolute Gasteiger partial charge is 0.232 e. The van der Waals surface area contributed by atoms with Gasteiger partial charge in [0.05, 0.1) is 18.4 Å². The van der Waals surface area contributed by atoms with Crippen LogP contribution in [-0.4, -0.2) is 46.7 Å². The molecule has 150 valence electrons. The molecule has 2 heterocycles. The minimum Gasteiger partial charge on any atom is -0.497 e. The zero-order valence-electron chi connectivity index (χ0n) is 16.8. The molecule has 1 aromatic heterocycles. The first-order valence-corrected chi connectivity index (χ1v) is 10.9. The van der Waals surface area contributed by atoms with Gasteiger partial charge in [-0.1, -0.05) is 49.0 Å². The van der Waals surface area contributed by atoms with Crippen molar-refractivity contribution < 1.29 is 9.53 Å². The van der Waals surface area contributed by atoms with E-state index in [1.165, 1.54) is 18.2 Å². The molecule has 1 amide bonds. The molecule has 0 N–H and O–H groups in total. The number of aromatic nitrogens is 2. The van der Waals surface area contributed by atoms with Crippen LogP contribution in [0.4, 0.5) is 0 Å². The van der Waals surface area contributed by atoms with Crippen molar-refractivity contribution in [2.75, 3.05) is 26.0 Å². The van der Waals surface area contributed by atoms with Gasteiger partial charge < -0.3 is 9.64 Å². The Hall–Kier alpha value is -2.60. The average molecular weight is 408 g/mol. The van der Waals surface area contributed by atoms with Crippen LogP contribution in [0.15, 0.2) is 53.6 Å². The van der Waals surface area contributed by atoms with E-state index in [0.29, 0.717) is 17.5 Å². The van der Waals surface area contributed by atoms with Crippen LogP contribution in [0.25, 0.3) is 22.3 Å². The second kappa shape index (κ2) is 8.82. The third kappa shape index (κ3) is 4.53. The summed E-state index contributed by atoms with van der Waals surface area (Å²) >= 11 is 1.48. The zero-order valence-corrected chi connectivity index (χ0v) is 17.6. The van der Waals surface area contributed by atoms with Crippen LogP contribution < -0.4 is 4.74 Å². The van der Waals surface area contributed by atoms with Gasteiger partial charge in [-0.25, -0.2) is 9.97 Å². The Morgan fingerprint density at radius 2 is 2.03 bits per heavy atom. The standard InChI is InChI=1S/C23H25N3O2S/c1-16-7-6-12-26(14-16)21(27)15-29-23-19-13-18(28-2)10-11-20(19)24-22(25-23)17-8-4-3-5-9-17/h3-5,8-11,13,16H,6-7,12,14-15H2,1-2H3/t16-/m0/s1. The molecule has 4 rings (SSSR count). The third-order valence-corrected chi connectivity index (χ3v) is 6.22. The maximum atomic E-state index is 12.8. The van der Waals surface area contributed by atoms with Crippen molar-refractivity contribution >= 4 is 28.6 Å². The molecule has 0 radical (unpaired) electrons. The maximum Gasteiger partial charge on any atom is 0.232 e. The minimum absolute atomic E-state index is 0.178. The predicted octanol–water partition coefficient (Wildman–Crippen LogP) is 4.66. The second-order valence-corrected chi connectivity index (χ2v) is 8.44. The zero-order chi connectivity index (χ0) is 20.2. The van der Waals surface area contributed by atoms with Crippen LogP contribution in [-0.2, 0) is 4.79 Å². The number of thioether (sulfide) groups is 1. The van der Waals surface area contributed by atoms with E-state index in [-0.39, 0.29) is 5.91 Å². The molecule has 5 nitrogen and oxygen atoms in total. The minimum atomic E-state index is 0.178. The summed E-state index contributed by atoms with van der Waals surface area (Å²) in [6.07, 6.45) is 2.29. The highest BCUT2D eigenvalue weighted by Gasteiger charge is 2.21. The number of hydrogen-bond acceptors (Lipinski definition) is 5. The van der Waals surface area contributed by atoms with E-state index in [9.17, 15) is 4.79 Å². The lowest BCUT2D eigenvalue weighted by atomic mass is 10.0. The van der Waals surface area contributed by atoms with E-state index in [2.05, 4.69) is 6.92 Å². The second-order valence-electron chi connectivity index (χ2n) is 7.48. The van der Waals surface area contributed by atoms with Gasteiger partial charge in [0.1, 0.15) is 10.8 Å². The van der Waals surface area contributed by atoms with E-state index in [1.807, 2.05) is 53.4 Å². The van der Waals surface area contributed by atoms with Gasteiger partial charge in [0.15, 0.2) is 5.82 Å². The molecular weight excluding hydrogens is 382 g/mol. The van der Waals surface area contributed by atoms with Crippen molar-refractivity contribution in [1.82, 2.24) is 14.9 Å². The molecule has 2 aromatic carbocycles. The van der Waals surface area contributed by atoms with Crippen LogP contribution >= 0.6 is 11.8 Å². The Labute approximate surface area is 175 Å². The summed E-state index contributed by atoms with van der Waals surface area (Å²) in [5.74, 6) is 2.56. The van der Waals surface area contributed by atoms with Gasteiger partial charge in [-0.05, 0) is 37.0 Å². The molecule has 0 bridgehead atoms. The first kappa shape index (κ1) is 19.7. The number of benzene rings is 2. The van der Waals surface area contributed by atoms with Crippen molar-refractivity contribution in [2.24, 2.45) is 5.92 Å². The van der Waals surface area contributed by atoms with Crippen molar-refractivity contribution in [2.45, 2.75) is 24.8 Å². The fraction of sp³-hybridized carbons (Fsp3) is 0.348. The highest BCUT2D eigenvalue weighted by molar-refractivity contribution is 8.00. The number of piperidine rings is 1. The number of amides is 1. The number of carbonyl (C=O) groups is 1. The number of methoxy groups -OCH3 is 1. The lowest BCUT2D eigenvalue weighted by Gasteiger charge is -2.30. The first-order chi connectivity index (χ1) is 14.1. The Morgan fingerprint density at radius 1 is 1.21 bits per heavy atom. The van der Waals surface area contributed by atoms with Gasteiger partial charge in [-0.15, -0.1) is 0 Å². The number of nitrogens with zero attached hydrogens (tertiary/aromatic N) is 3. The van der Waals surface area contributed by atoms with Gasteiger partial charge in [0.2, 0.25) is 5.91 Å². The molecule has 1 aliphatic heterocycles. The third-order valence-electron chi connectivity index (χ3n) is 5.24. The summed E-state index contributed by atoms with van der Waals surface area (Å²) in [6, 6.07) is 15.7. The topological polar surface area (TPSA) is 55.3 Å². The lowest BCUT2D eigenvalue weighted by Crippen LogP contribution is -2.40. The van der Waals surface area contributed by atoms with E-state index in [4.69, 9.17) is 14.7 Å². The summed E-state index contributed by atoms with van der Waals surface area (Å²) < 4.78 is 5.38. The van der Waals surface area contributed by atoms with Crippen LogP contribution in [0.5, 0.6) is 5.75 Å². The SMILES string of the molecule is COc1ccc2nc(-c3ccccc3)nc(SCC(=O)N3CCC[C@H](C)C3)c2c1. The monoisotopic (exact) mass is 407 g/mol. The van der Waals surface area contributed by atoms with Gasteiger partial charge in [-0.3, -0.25) is 4.79 Å². The molecule has 1 fully saturated rings. The molecule has 0 unspecified atom stereocenters. The molecule has 1 aliphatic rings. The summed E-state index contributed by atoms with van der Waals surface area (Å²) in [5.41, 5.74) is 1.81. The van der Waals surface area contributed by atoms with Crippen LogP contribution in [0.1, 0.15) is 19.8 Å². The molecule has 6 heteroatoms. The molecule has 0 aliphatic carbocycles. The number of likely N-dealkylation sites (tertiary alicyclic amines) is 1. The normalized spacial score (nSPS) is 16.8. The largest absolute Gasteiger partial charge is 0.497 e. The molecular formula is C23H25N3O2S. The summed E-state index contributed by atoms with van der Waals surface area (Å²) in [4.78, 5) is 24.3. The highest BCUT2D eigenvalue weighted by atomic mass is 32.2. The molecule has 1 atom stereocenters. The van der Waals surface area contributed by atoms with Crippen LogP contribution in [0, 0.1) is 5.92 Å². The van der Waals surface area contributed by atoms with Gasteiger partial charge in [0.25, 0.3) is 0 Å². The maximum absolute atomic E-state index is 12.8. The van der Waals surface area contributed by atoms with Gasteiger partial charge >= 0.3 is 0 Å². The summed E-state index contributed by atoms with van der Waals surface area (Å²) in [6.45, 7) is 3.92. The number of ether oxygens (including phenoxy) is 1. The Morgan fingerprint density at radius 3 is 2.79 bits per heavy atom. The van der Waals surface area contributed by atoms with Crippen LogP contribution in [0.3, 0.4) is 0 Å². The molecule has 3 aromatic rings. The van der Waals surface area contributed by atoms with Crippen molar-refractivity contribution in [1.29, 1.82) is 0 Å². The molecule has 0 spiro atoms. The summed E-state index contributed by atoms with van der Waals surface area (Å²) in [7, 11) is 1.65. The molecule has 29 heavy (non-hydrogen) atoms. The average Bonchev–Trinajstić information content (AvgIpc) is 2.77. The van der Waals surface area contributed by atoms with Gasteiger partial charge in [0, 0.05) is 24.0 Å². The van der Waals surface area contributed by atoms with E-state index in [1.54, 1.807) is 7.11 Å². The van der Waals surface area contributed by atoms with E-state index >= 15 is 0 Å². The van der Waals surface area contributed by atoms with E-state index < -0.39 is 0 Å². The number of carbonyl (C=O) groups excluding carboxylic acids is 1. The van der Waals surface area contributed by atoms with E-state index in [0.717, 1.165) is 46.8 Å². The highest BCUT2D eigenvalue weighted by Crippen LogP contribution is 2.31.